The van der Waals surface area contributed by atoms with E-state index in [-0.39, 0.29) is 6.10 Å². The Morgan fingerprint density at radius 1 is 0.867 bits per heavy atom. The molecule has 5 nitrogen and oxygen atoms in total. The number of rotatable bonds is 5. The Hall–Kier alpha value is -2.92. The molecule has 5 heteroatoms. The van der Waals surface area contributed by atoms with Crippen molar-refractivity contribution < 1.29 is 23.8 Å². The molecule has 0 heterocycles. The maximum absolute atomic E-state index is 12.8. The van der Waals surface area contributed by atoms with Crippen LogP contribution in [0.4, 0.5) is 0 Å². The molecule has 0 spiro atoms. The molecule has 0 fully saturated rings. The lowest BCUT2D eigenvalue weighted by atomic mass is 9.80. The van der Waals surface area contributed by atoms with Gasteiger partial charge in [-0.25, -0.2) is 9.59 Å². The zero-order valence-corrected chi connectivity index (χ0v) is 17.8. The van der Waals surface area contributed by atoms with Gasteiger partial charge < -0.3 is 14.2 Å². The molecular weight excluding hydrogens is 380 g/mol. The Balaban J connectivity index is 1.93. The van der Waals surface area contributed by atoms with Crippen LogP contribution < -0.4 is 0 Å². The van der Waals surface area contributed by atoms with Gasteiger partial charge in [-0.05, 0) is 49.3 Å². The standard InChI is InChI=1S/C25H28O5/c1-17-15-20(29-23(26)18-11-7-5-8-12-18)22(25(2,3)16-21(17)28-4)30-24(27)19-13-9-6-10-14-19/h5-15,20-22H,16H2,1-4H3. The molecule has 30 heavy (non-hydrogen) atoms. The minimum atomic E-state index is -0.736. The fourth-order valence-corrected chi connectivity index (χ4v) is 3.77. The van der Waals surface area contributed by atoms with Crippen LogP contribution in [0.15, 0.2) is 72.3 Å². The van der Waals surface area contributed by atoms with E-state index in [4.69, 9.17) is 14.2 Å². The number of benzene rings is 2. The predicted octanol–water partition coefficient (Wildman–Crippen LogP) is 4.83. The Bertz CT molecular complexity index is 902. The summed E-state index contributed by atoms with van der Waals surface area (Å²) in [6.07, 6.45) is 0.900. The van der Waals surface area contributed by atoms with Gasteiger partial charge in [0.05, 0.1) is 17.2 Å². The van der Waals surface area contributed by atoms with Crippen LogP contribution >= 0.6 is 0 Å². The van der Waals surface area contributed by atoms with Gasteiger partial charge in [-0.15, -0.1) is 0 Å². The van der Waals surface area contributed by atoms with E-state index in [0.29, 0.717) is 17.5 Å². The third-order valence-electron chi connectivity index (χ3n) is 5.50. The smallest absolute Gasteiger partial charge is 0.338 e. The molecule has 0 radical (unpaired) electrons. The fraction of sp³-hybridized carbons (Fsp3) is 0.360. The van der Waals surface area contributed by atoms with E-state index < -0.39 is 29.6 Å². The summed E-state index contributed by atoms with van der Waals surface area (Å²) in [6, 6.07) is 17.6. The van der Waals surface area contributed by atoms with Gasteiger partial charge in [0.1, 0.15) is 6.10 Å². The topological polar surface area (TPSA) is 61.8 Å². The van der Waals surface area contributed by atoms with Crippen LogP contribution in [0.2, 0.25) is 0 Å². The fourth-order valence-electron chi connectivity index (χ4n) is 3.77. The van der Waals surface area contributed by atoms with Crippen LogP contribution in [-0.4, -0.2) is 37.4 Å². The van der Waals surface area contributed by atoms with E-state index in [1.807, 2.05) is 39.0 Å². The number of ether oxygens (including phenoxy) is 3. The Morgan fingerprint density at radius 2 is 1.37 bits per heavy atom. The average Bonchev–Trinajstić information content (AvgIpc) is 2.84. The van der Waals surface area contributed by atoms with Gasteiger partial charge >= 0.3 is 11.9 Å². The highest BCUT2D eigenvalue weighted by molar-refractivity contribution is 5.90. The van der Waals surface area contributed by atoms with Gasteiger partial charge in [0, 0.05) is 12.5 Å². The highest BCUT2D eigenvalue weighted by Gasteiger charge is 2.44. The lowest BCUT2D eigenvalue weighted by Crippen LogP contribution is -2.44. The van der Waals surface area contributed by atoms with Crippen molar-refractivity contribution in [3.8, 4) is 0 Å². The zero-order valence-electron chi connectivity index (χ0n) is 17.8. The zero-order chi connectivity index (χ0) is 21.7. The molecule has 158 valence electrons. The van der Waals surface area contributed by atoms with Crippen molar-refractivity contribution in [3.05, 3.63) is 83.4 Å². The maximum Gasteiger partial charge on any atom is 0.338 e. The first-order chi connectivity index (χ1) is 14.3. The van der Waals surface area contributed by atoms with Crippen molar-refractivity contribution in [2.75, 3.05) is 7.11 Å². The minimum absolute atomic E-state index is 0.154. The van der Waals surface area contributed by atoms with Crippen LogP contribution in [-0.2, 0) is 14.2 Å². The van der Waals surface area contributed by atoms with Gasteiger partial charge in [-0.3, -0.25) is 0 Å². The molecule has 0 saturated carbocycles. The molecule has 3 atom stereocenters. The second-order valence-corrected chi connectivity index (χ2v) is 8.26. The molecule has 2 aromatic rings. The molecule has 0 amide bonds. The van der Waals surface area contributed by atoms with E-state index in [9.17, 15) is 9.59 Å². The molecule has 0 bridgehead atoms. The van der Waals surface area contributed by atoms with Crippen molar-refractivity contribution in [2.24, 2.45) is 5.41 Å². The molecular formula is C25H28O5. The molecule has 3 rings (SSSR count). The average molecular weight is 408 g/mol. The summed E-state index contributed by atoms with van der Waals surface area (Å²) in [5.41, 5.74) is 1.34. The Labute approximate surface area is 177 Å². The lowest BCUT2D eigenvalue weighted by molar-refractivity contribution is -0.0702. The largest absolute Gasteiger partial charge is 0.454 e. The molecule has 1 aliphatic carbocycles. The number of hydrogen-bond acceptors (Lipinski definition) is 5. The third-order valence-corrected chi connectivity index (χ3v) is 5.50. The second kappa shape index (κ2) is 9.26. The van der Waals surface area contributed by atoms with Crippen molar-refractivity contribution in [2.45, 2.75) is 45.5 Å². The number of methoxy groups -OCH3 is 1. The van der Waals surface area contributed by atoms with Gasteiger partial charge in [0.25, 0.3) is 0 Å². The normalized spacial score (nSPS) is 23.1. The molecule has 0 aromatic heterocycles. The summed E-state index contributed by atoms with van der Waals surface area (Å²) in [6.45, 7) is 5.94. The molecule has 3 unspecified atom stereocenters. The summed E-state index contributed by atoms with van der Waals surface area (Å²) < 4.78 is 17.5. The van der Waals surface area contributed by atoms with Crippen molar-refractivity contribution in [3.63, 3.8) is 0 Å². The highest BCUT2D eigenvalue weighted by Crippen LogP contribution is 2.39. The van der Waals surface area contributed by atoms with Gasteiger partial charge in [-0.2, -0.15) is 0 Å². The highest BCUT2D eigenvalue weighted by atomic mass is 16.6. The first-order valence-corrected chi connectivity index (χ1v) is 10.0. The van der Waals surface area contributed by atoms with Gasteiger partial charge in [-0.1, -0.05) is 50.2 Å². The number of hydrogen-bond donors (Lipinski definition) is 0. The van der Waals surface area contributed by atoms with E-state index in [1.165, 1.54) is 0 Å². The molecule has 0 N–H and O–H groups in total. The first-order valence-electron chi connectivity index (χ1n) is 10.0. The van der Waals surface area contributed by atoms with Gasteiger partial charge in [0.2, 0.25) is 0 Å². The molecule has 0 aliphatic heterocycles. The summed E-state index contributed by atoms with van der Waals surface area (Å²) in [7, 11) is 1.65. The minimum Gasteiger partial charge on any atom is -0.454 e. The summed E-state index contributed by atoms with van der Waals surface area (Å²) >= 11 is 0. The summed E-state index contributed by atoms with van der Waals surface area (Å²) in [4.78, 5) is 25.6. The quantitative estimate of drug-likeness (QED) is 0.524. The molecule has 0 saturated heterocycles. The van der Waals surface area contributed by atoms with Crippen LogP contribution in [0.1, 0.15) is 47.9 Å². The van der Waals surface area contributed by atoms with E-state index >= 15 is 0 Å². The van der Waals surface area contributed by atoms with E-state index in [2.05, 4.69) is 0 Å². The SMILES string of the molecule is COC1CC(C)(C)C(OC(=O)c2ccccc2)C(OC(=O)c2ccccc2)C=C1C. The lowest BCUT2D eigenvalue weighted by Gasteiger charge is -2.36. The van der Waals surface area contributed by atoms with Crippen LogP contribution in [0.25, 0.3) is 0 Å². The second-order valence-electron chi connectivity index (χ2n) is 8.26. The summed E-state index contributed by atoms with van der Waals surface area (Å²) in [5.74, 6) is -0.909. The monoisotopic (exact) mass is 408 g/mol. The number of carbonyl (C=O) groups excluding carboxylic acids is 2. The molecule has 2 aromatic carbocycles. The van der Waals surface area contributed by atoms with E-state index in [0.717, 1.165) is 5.57 Å². The summed E-state index contributed by atoms with van der Waals surface area (Å²) in [5, 5.41) is 0. The Morgan fingerprint density at radius 3 is 1.87 bits per heavy atom. The van der Waals surface area contributed by atoms with Crippen LogP contribution in [0.5, 0.6) is 0 Å². The molecule has 1 aliphatic rings. The van der Waals surface area contributed by atoms with Gasteiger partial charge in [0.15, 0.2) is 6.10 Å². The predicted molar refractivity (Wildman–Crippen MR) is 114 cm³/mol. The number of carbonyl (C=O) groups is 2. The van der Waals surface area contributed by atoms with Crippen LogP contribution in [0, 0.1) is 5.41 Å². The van der Waals surface area contributed by atoms with E-state index in [1.54, 1.807) is 55.6 Å². The third kappa shape index (κ3) is 4.97. The van der Waals surface area contributed by atoms with Crippen LogP contribution in [0.3, 0.4) is 0 Å². The Kier molecular flexibility index (Phi) is 6.73. The van der Waals surface area contributed by atoms with Crippen molar-refractivity contribution in [1.82, 2.24) is 0 Å². The first kappa shape index (κ1) is 21.8. The van der Waals surface area contributed by atoms with Crippen molar-refractivity contribution in [1.29, 1.82) is 0 Å². The van der Waals surface area contributed by atoms with Crippen molar-refractivity contribution >= 4 is 11.9 Å². The number of esters is 2. The maximum atomic E-state index is 12.8.